The van der Waals surface area contributed by atoms with Gasteiger partial charge in [0.05, 0.1) is 0 Å². The third-order valence-electron chi connectivity index (χ3n) is 1.47. The molecule has 0 N–H and O–H groups in total. The second-order valence-electron chi connectivity index (χ2n) is 2.30. The van der Waals surface area contributed by atoms with E-state index in [0.717, 1.165) is 11.1 Å². The van der Waals surface area contributed by atoms with Crippen molar-refractivity contribution in [2.24, 2.45) is 0 Å². The van der Waals surface area contributed by atoms with E-state index < -0.39 is 4.84 Å². The van der Waals surface area contributed by atoms with Crippen molar-refractivity contribution in [3.05, 3.63) is 34.3 Å². The average molecular weight is 210 g/mol. The molecule has 0 unspecified atom stereocenters. The standard InChI is InChI=1S/C8H7Cl3/c1-5-4-6(9)2-3-7(5)8(10)11/h2-4,8H,1H3. The van der Waals surface area contributed by atoms with Gasteiger partial charge < -0.3 is 0 Å². The Kier molecular flexibility index (Phi) is 3.06. The third-order valence-corrected chi connectivity index (χ3v) is 2.17. The lowest BCUT2D eigenvalue weighted by atomic mass is 10.1. The number of aryl methyl sites for hydroxylation is 1. The molecule has 3 heteroatoms. The lowest BCUT2D eigenvalue weighted by Crippen LogP contribution is -1.86. The minimum atomic E-state index is -0.465. The van der Waals surface area contributed by atoms with E-state index in [1.54, 1.807) is 6.07 Å². The van der Waals surface area contributed by atoms with Crippen LogP contribution in [-0.2, 0) is 0 Å². The Balaban J connectivity index is 3.09. The average Bonchev–Trinajstić information content (AvgIpc) is 1.85. The van der Waals surface area contributed by atoms with Crippen molar-refractivity contribution in [3.63, 3.8) is 0 Å². The zero-order valence-electron chi connectivity index (χ0n) is 5.94. The monoisotopic (exact) mass is 208 g/mol. The zero-order chi connectivity index (χ0) is 8.43. The molecule has 0 aliphatic carbocycles. The van der Waals surface area contributed by atoms with Gasteiger partial charge >= 0.3 is 0 Å². The molecule has 0 saturated carbocycles. The van der Waals surface area contributed by atoms with E-state index in [9.17, 15) is 0 Å². The molecule has 1 aromatic rings. The first-order valence-electron chi connectivity index (χ1n) is 3.15. The molecule has 60 valence electrons. The summed E-state index contributed by atoms with van der Waals surface area (Å²) in [5, 5.41) is 0.709. The predicted octanol–water partition coefficient (Wildman–Crippen LogP) is 4.12. The van der Waals surface area contributed by atoms with Gasteiger partial charge in [-0.25, -0.2) is 0 Å². The van der Waals surface area contributed by atoms with Gasteiger partial charge in [0, 0.05) is 5.02 Å². The van der Waals surface area contributed by atoms with Crippen molar-refractivity contribution in [1.82, 2.24) is 0 Å². The molecule has 0 radical (unpaired) electrons. The van der Waals surface area contributed by atoms with Crippen LogP contribution in [0.3, 0.4) is 0 Å². The molecular weight excluding hydrogens is 202 g/mol. The SMILES string of the molecule is Cc1cc(Cl)ccc1C(Cl)Cl. The molecule has 0 saturated heterocycles. The van der Waals surface area contributed by atoms with E-state index in [1.807, 2.05) is 19.1 Å². The molecule has 0 heterocycles. The van der Waals surface area contributed by atoms with Crippen molar-refractivity contribution in [2.75, 3.05) is 0 Å². The van der Waals surface area contributed by atoms with Crippen LogP contribution in [0.25, 0.3) is 0 Å². The van der Waals surface area contributed by atoms with Crippen LogP contribution in [0.15, 0.2) is 18.2 Å². The quantitative estimate of drug-likeness (QED) is 0.610. The maximum absolute atomic E-state index is 5.74. The fraction of sp³-hybridized carbons (Fsp3) is 0.250. The van der Waals surface area contributed by atoms with Gasteiger partial charge in [-0.2, -0.15) is 0 Å². The maximum Gasteiger partial charge on any atom is 0.133 e. The van der Waals surface area contributed by atoms with E-state index in [2.05, 4.69) is 0 Å². The second kappa shape index (κ2) is 3.66. The minimum Gasteiger partial charge on any atom is -0.100 e. The summed E-state index contributed by atoms with van der Waals surface area (Å²) in [6.07, 6.45) is 0. The number of benzene rings is 1. The van der Waals surface area contributed by atoms with Crippen molar-refractivity contribution >= 4 is 34.8 Å². The van der Waals surface area contributed by atoms with E-state index in [-0.39, 0.29) is 0 Å². The summed E-state index contributed by atoms with van der Waals surface area (Å²) in [6, 6.07) is 5.46. The topological polar surface area (TPSA) is 0 Å². The van der Waals surface area contributed by atoms with E-state index in [4.69, 9.17) is 34.8 Å². The highest BCUT2D eigenvalue weighted by Gasteiger charge is 2.05. The van der Waals surface area contributed by atoms with Crippen LogP contribution in [-0.4, -0.2) is 0 Å². The minimum absolute atomic E-state index is 0.465. The smallest absolute Gasteiger partial charge is 0.100 e. The van der Waals surface area contributed by atoms with Gasteiger partial charge in [-0.3, -0.25) is 0 Å². The lowest BCUT2D eigenvalue weighted by molar-refractivity contribution is 1.27. The molecular formula is C8H7Cl3. The lowest BCUT2D eigenvalue weighted by Gasteiger charge is -2.05. The summed E-state index contributed by atoms with van der Waals surface area (Å²) in [4.78, 5) is -0.465. The van der Waals surface area contributed by atoms with Gasteiger partial charge in [-0.15, -0.1) is 23.2 Å². The molecule has 0 fully saturated rings. The Labute approximate surface area is 81.1 Å². The summed E-state index contributed by atoms with van der Waals surface area (Å²) in [7, 11) is 0. The first kappa shape index (κ1) is 9.18. The van der Waals surface area contributed by atoms with Crippen LogP contribution in [0.5, 0.6) is 0 Å². The molecule has 0 aliphatic rings. The van der Waals surface area contributed by atoms with Gasteiger partial charge in [0.1, 0.15) is 4.84 Å². The van der Waals surface area contributed by atoms with Gasteiger partial charge in [0.2, 0.25) is 0 Å². The first-order valence-corrected chi connectivity index (χ1v) is 4.40. The van der Waals surface area contributed by atoms with E-state index in [1.165, 1.54) is 0 Å². The number of hydrogen-bond donors (Lipinski definition) is 0. The van der Waals surface area contributed by atoms with Gasteiger partial charge in [-0.1, -0.05) is 17.7 Å². The molecule has 1 aromatic carbocycles. The van der Waals surface area contributed by atoms with Gasteiger partial charge in [0.25, 0.3) is 0 Å². The highest BCUT2D eigenvalue weighted by atomic mass is 35.5. The Morgan fingerprint density at radius 3 is 2.36 bits per heavy atom. The Hall–Kier alpha value is 0.0900. The van der Waals surface area contributed by atoms with Gasteiger partial charge in [-0.05, 0) is 30.2 Å². The van der Waals surface area contributed by atoms with Crippen molar-refractivity contribution < 1.29 is 0 Å². The van der Waals surface area contributed by atoms with Gasteiger partial charge in [0.15, 0.2) is 0 Å². The Morgan fingerprint density at radius 2 is 1.91 bits per heavy atom. The van der Waals surface area contributed by atoms with Crippen molar-refractivity contribution in [1.29, 1.82) is 0 Å². The summed E-state index contributed by atoms with van der Waals surface area (Å²) in [6.45, 7) is 1.93. The van der Waals surface area contributed by atoms with Crippen LogP contribution in [0.1, 0.15) is 16.0 Å². The predicted molar refractivity (Wildman–Crippen MR) is 50.6 cm³/mol. The fourth-order valence-corrected chi connectivity index (χ4v) is 1.60. The number of rotatable bonds is 1. The molecule has 1 rings (SSSR count). The maximum atomic E-state index is 5.74. The third kappa shape index (κ3) is 2.26. The Bertz CT molecular complexity index is 256. The number of alkyl halides is 2. The molecule has 0 nitrogen and oxygen atoms in total. The normalized spacial score (nSPS) is 10.6. The highest BCUT2D eigenvalue weighted by Crippen LogP contribution is 2.28. The number of halogens is 3. The molecule has 0 amide bonds. The molecule has 0 aromatic heterocycles. The summed E-state index contributed by atoms with van der Waals surface area (Å²) in [5.74, 6) is 0. The Morgan fingerprint density at radius 1 is 1.27 bits per heavy atom. The van der Waals surface area contributed by atoms with Crippen LogP contribution in [0.4, 0.5) is 0 Å². The number of hydrogen-bond acceptors (Lipinski definition) is 0. The highest BCUT2D eigenvalue weighted by molar-refractivity contribution is 6.44. The van der Waals surface area contributed by atoms with Crippen LogP contribution >= 0.6 is 34.8 Å². The largest absolute Gasteiger partial charge is 0.133 e. The van der Waals surface area contributed by atoms with E-state index >= 15 is 0 Å². The summed E-state index contributed by atoms with van der Waals surface area (Å²) >= 11 is 17.1. The van der Waals surface area contributed by atoms with Crippen molar-refractivity contribution in [2.45, 2.75) is 11.8 Å². The molecule has 0 atom stereocenters. The summed E-state index contributed by atoms with van der Waals surface area (Å²) < 4.78 is 0. The summed E-state index contributed by atoms with van der Waals surface area (Å²) in [5.41, 5.74) is 1.94. The second-order valence-corrected chi connectivity index (χ2v) is 3.83. The molecule has 0 spiro atoms. The molecule has 0 aliphatic heterocycles. The van der Waals surface area contributed by atoms with Crippen LogP contribution < -0.4 is 0 Å². The fourth-order valence-electron chi connectivity index (χ4n) is 0.884. The zero-order valence-corrected chi connectivity index (χ0v) is 8.21. The molecule has 11 heavy (non-hydrogen) atoms. The first-order chi connectivity index (χ1) is 5.11. The van der Waals surface area contributed by atoms with E-state index in [0.29, 0.717) is 5.02 Å². The van der Waals surface area contributed by atoms with Crippen molar-refractivity contribution in [3.8, 4) is 0 Å². The molecule has 0 bridgehead atoms. The van der Waals surface area contributed by atoms with Crippen LogP contribution in [0, 0.1) is 6.92 Å². The van der Waals surface area contributed by atoms with Crippen LogP contribution in [0.2, 0.25) is 5.02 Å².